The summed E-state index contributed by atoms with van der Waals surface area (Å²) < 4.78 is 4.86. The van der Waals surface area contributed by atoms with Crippen LogP contribution in [-0.4, -0.2) is 17.1 Å². The number of carbonyl (C=O) groups excluding carboxylic acids is 1. The summed E-state index contributed by atoms with van der Waals surface area (Å²) in [6.07, 6.45) is -0.756. The van der Waals surface area contributed by atoms with Crippen molar-refractivity contribution >= 4 is 28.6 Å². The van der Waals surface area contributed by atoms with Crippen LogP contribution in [0.5, 0.6) is 0 Å². The molecule has 0 aliphatic carbocycles. The molecule has 4 nitrogen and oxygen atoms in total. The topological polar surface area (TPSA) is 63.0 Å². The lowest BCUT2D eigenvalue weighted by atomic mass is 10.3. The van der Waals surface area contributed by atoms with Crippen LogP contribution in [0, 0.1) is 11.3 Å². The van der Waals surface area contributed by atoms with Gasteiger partial charge in [0.2, 0.25) is 0 Å². The molecular formula is C11H8N2O2S2. The van der Waals surface area contributed by atoms with E-state index in [2.05, 4.69) is 4.98 Å². The smallest absolute Gasteiger partial charge is 0.359 e. The number of nitrogens with zero attached hydrogens (tertiary/aromatic N) is 2. The maximum atomic E-state index is 11.6. The van der Waals surface area contributed by atoms with E-state index in [1.165, 1.54) is 18.3 Å². The number of esters is 1. The summed E-state index contributed by atoms with van der Waals surface area (Å²) in [6, 6.07) is 3.78. The number of aromatic nitrogens is 1. The molecule has 0 saturated carbocycles. The number of hydrogen-bond donors (Lipinski definition) is 0. The van der Waals surface area contributed by atoms with Crippen LogP contribution in [0.1, 0.15) is 17.4 Å². The van der Waals surface area contributed by atoms with Gasteiger partial charge in [0.05, 0.1) is 0 Å². The summed E-state index contributed by atoms with van der Waals surface area (Å²) in [6.45, 7) is 1.52. The van der Waals surface area contributed by atoms with Gasteiger partial charge >= 0.3 is 5.97 Å². The minimum absolute atomic E-state index is 0.248. The van der Waals surface area contributed by atoms with Crippen molar-refractivity contribution in [2.45, 2.75) is 13.0 Å². The van der Waals surface area contributed by atoms with Crippen LogP contribution in [-0.2, 0) is 4.74 Å². The number of thiazole rings is 1. The van der Waals surface area contributed by atoms with Crippen molar-refractivity contribution in [2.24, 2.45) is 0 Å². The fraction of sp³-hybridized carbons (Fsp3) is 0.182. The molecule has 2 heterocycles. The molecule has 2 rings (SSSR count). The molecule has 0 bridgehead atoms. The number of hydrogen-bond acceptors (Lipinski definition) is 6. The summed E-state index contributed by atoms with van der Waals surface area (Å²) in [5, 5.41) is 14.9. The van der Waals surface area contributed by atoms with E-state index in [1.807, 2.05) is 22.9 Å². The van der Waals surface area contributed by atoms with Crippen LogP contribution in [0.15, 0.2) is 22.2 Å². The normalized spacial score (nSPS) is 11.8. The van der Waals surface area contributed by atoms with Gasteiger partial charge in [0.15, 0.2) is 11.8 Å². The first-order valence-electron chi connectivity index (χ1n) is 4.79. The van der Waals surface area contributed by atoms with Gasteiger partial charge in [-0.05, 0) is 18.4 Å². The van der Waals surface area contributed by atoms with Gasteiger partial charge in [-0.3, -0.25) is 0 Å². The molecule has 0 aromatic carbocycles. The SMILES string of the molecule is CC(C#N)OC(=O)c1csc(-c2ccsc2)n1. The highest BCUT2D eigenvalue weighted by Crippen LogP contribution is 2.25. The molecule has 0 N–H and O–H groups in total. The Bertz CT molecular complexity index is 554. The average molecular weight is 264 g/mol. The highest BCUT2D eigenvalue weighted by atomic mass is 32.1. The third-order valence-corrected chi connectivity index (χ3v) is 3.52. The van der Waals surface area contributed by atoms with E-state index >= 15 is 0 Å². The lowest BCUT2D eigenvalue weighted by Gasteiger charge is -2.02. The van der Waals surface area contributed by atoms with E-state index < -0.39 is 12.1 Å². The molecular weight excluding hydrogens is 256 g/mol. The Labute approximate surface area is 106 Å². The van der Waals surface area contributed by atoms with Crippen LogP contribution in [0.25, 0.3) is 10.6 Å². The van der Waals surface area contributed by atoms with Gasteiger partial charge in [0, 0.05) is 16.3 Å². The summed E-state index contributed by atoms with van der Waals surface area (Å²) in [5.74, 6) is -0.559. The number of thiophene rings is 1. The molecule has 0 fully saturated rings. The quantitative estimate of drug-likeness (QED) is 0.799. The van der Waals surface area contributed by atoms with Gasteiger partial charge in [-0.25, -0.2) is 9.78 Å². The van der Waals surface area contributed by atoms with Crippen LogP contribution < -0.4 is 0 Å². The first-order valence-corrected chi connectivity index (χ1v) is 6.61. The zero-order chi connectivity index (χ0) is 12.3. The predicted molar refractivity (Wildman–Crippen MR) is 65.9 cm³/mol. The molecule has 0 spiro atoms. The van der Waals surface area contributed by atoms with Crippen molar-refractivity contribution < 1.29 is 9.53 Å². The van der Waals surface area contributed by atoms with Gasteiger partial charge in [-0.2, -0.15) is 16.6 Å². The van der Waals surface area contributed by atoms with Gasteiger partial charge < -0.3 is 4.74 Å². The second-order valence-electron chi connectivity index (χ2n) is 3.23. The van der Waals surface area contributed by atoms with E-state index in [0.29, 0.717) is 0 Å². The molecule has 17 heavy (non-hydrogen) atoms. The molecule has 1 atom stereocenters. The van der Waals surface area contributed by atoms with E-state index in [-0.39, 0.29) is 5.69 Å². The highest BCUT2D eigenvalue weighted by Gasteiger charge is 2.15. The molecule has 0 radical (unpaired) electrons. The molecule has 1 unspecified atom stereocenters. The lowest BCUT2D eigenvalue weighted by Crippen LogP contribution is -2.13. The van der Waals surface area contributed by atoms with Crippen LogP contribution >= 0.6 is 22.7 Å². The number of ether oxygens (including phenoxy) is 1. The van der Waals surface area contributed by atoms with Crippen molar-refractivity contribution in [1.82, 2.24) is 4.98 Å². The van der Waals surface area contributed by atoms with Crippen LogP contribution in [0.2, 0.25) is 0 Å². The lowest BCUT2D eigenvalue weighted by molar-refractivity contribution is 0.0429. The molecule has 0 aliphatic rings. The minimum Gasteiger partial charge on any atom is -0.443 e. The summed E-state index contributed by atoms with van der Waals surface area (Å²) >= 11 is 2.96. The van der Waals surface area contributed by atoms with Crippen LogP contribution in [0.4, 0.5) is 0 Å². The molecule has 2 aromatic rings. The maximum absolute atomic E-state index is 11.6. The average Bonchev–Trinajstić information content (AvgIpc) is 2.98. The number of rotatable bonds is 3. The monoisotopic (exact) mass is 264 g/mol. The van der Waals surface area contributed by atoms with Gasteiger partial charge in [0.1, 0.15) is 11.1 Å². The summed E-state index contributed by atoms with van der Waals surface area (Å²) in [5.41, 5.74) is 1.24. The Morgan fingerprint density at radius 3 is 3.06 bits per heavy atom. The molecule has 6 heteroatoms. The van der Waals surface area contributed by atoms with Crippen LogP contribution in [0.3, 0.4) is 0 Å². The summed E-state index contributed by atoms with van der Waals surface area (Å²) in [4.78, 5) is 15.8. The van der Waals surface area contributed by atoms with Crippen molar-refractivity contribution in [3.8, 4) is 16.6 Å². The Kier molecular flexibility index (Phi) is 3.52. The Morgan fingerprint density at radius 2 is 2.41 bits per heavy atom. The third kappa shape index (κ3) is 2.70. The van der Waals surface area contributed by atoms with Gasteiger partial charge in [-0.15, -0.1) is 11.3 Å². The Hall–Kier alpha value is -1.71. The zero-order valence-corrected chi connectivity index (χ0v) is 10.5. The van der Waals surface area contributed by atoms with Crippen molar-refractivity contribution in [3.63, 3.8) is 0 Å². The predicted octanol–water partition coefficient (Wildman–Crippen LogP) is 2.94. The van der Waals surface area contributed by atoms with Crippen molar-refractivity contribution in [3.05, 3.63) is 27.9 Å². The van der Waals surface area contributed by atoms with Crippen molar-refractivity contribution in [1.29, 1.82) is 5.26 Å². The molecule has 86 valence electrons. The second-order valence-corrected chi connectivity index (χ2v) is 4.86. The first-order chi connectivity index (χ1) is 8.20. The Balaban J connectivity index is 2.14. The van der Waals surface area contributed by atoms with Crippen molar-refractivity contribution in [2.75, 3.05) is 0 Å². The minimum atomic E-state index is -0.756. The zero-order valence-electron chi connectivity index (χ0n) is 8.91. The van der Waals surface area contributed by atoms with E-state index in [9.17, 15) is 4.79 Å². The first kappa shape index (κ1) is 11.8. The third-order valence-electron chi connectivity index (χ3n) is 1.95. The standard InChI is InChI=1S/C11H8N2O2S2/c1-7(4-12)15-11(14)9-6-17-10(13-9)8-2-3-16-5-8/h2-3,5-7H,1H3. The van der Waals surface area contributed by atoms with E-state index in [0.717, 1.165) is 10.6 Å². The largest absolute Gasteiger partial charge is 0.443 e. The molecule has 0 saturated heterocycles. The molecule has 2 aromatic heterocycles. The molecule has 0 aliphatic heterocycles. The fourth-order valence-electron chi connectivity index (χ4n) is 1.13. The van der Waals surface area contributed by atoms with E-state index in [1.54, 1.807) is 16.7 Å². The second kappa shape index (κ2) is 5.08. The molecule has 0 amide bonds. The maximum Gasteiger partial charge on any atom is 0.359 e. The van der Waals surface area contributed by atoms with Gasteiger partial charge in [-0.1, -0.05) is 0 Å². The summed E-state index contributed by atoms with van der Waals surface area (Å²) in [7, 11) is 0. The number of carbonyl (C=O) groups is 1. The van der Waals surface area contributed by atoms with E-state index in [4.69, 9.17) is 10.00 Å². The van der Waals surface area contributed by atoms with Gasteiger partial charge in [0.25, 0.3) is 0 Å². The Morgan fingerprint density at radius 1 is 1.59 bits per heavy atom. The number of nitriles is 1. The fourth-order valence-corrected chi connectivity index (χ4v) is 2.63. The highest BCUT2D eigenvalue weighted by molar-refractivity contribution is 7.14.